The summed E-state index contributed by atoms with van der Waals surface area (Å²) in [6.07, 6.45) is 0.861. The number of carbonyl (C=O) groups is 1. The molecule has 1 saturated heterocycles. The predicted molar refractivity (Wildman–Crippen MR) is 73.3 cm³/mol. The maximum Gasteiger partial charge on any atom is 0.310 e. The van der Waals surface area contributed by atoms with E-state index in [4.69, 9.17) is 9.47 Å². The van der Waals surface area contributed by atoms with Gasteiger partial charge in [-0.25, -0.2) is 0 Å². The number of nitrogens with zero attached hydrogens (tertiary/aromatic N) is 1. The van der Waals surface area contributed by atoms with Gasteiger partial charge in [-0.3, -0.25) is 9.69 Å². The van der Waals surface area contributed by atoms with Crippen LogP contribution in [0.2, 0.25) is 0 Å². The van der Waals surface area contributed by atoms with Gasteiger partial charge < -0.3 is 14.6 Å². The van der Waals surface area contributed by atoms with E-state index in [1.54, 1.807) is 7.11 Å². The molecule has 3 unspecified atom stereocenters. The van der Waals surface area contributed by atoms with E-state index in [2.05, 4.69) is 32.6 Å². The first-order valence-electron chi connectivity index (χ1n) is 6.93. The van der Waals surface area contributed by atoms with Gasteiger partial charge in [0.05, 0.1) is 24.7 Å². The van der Waals surface area contributed by atoms with Gasteiger partial charge in [-0.05, 0) is 33.7 Å². The minimum atomic E-state index is -0.765. The van der Waals surface area contributed by atoms with Crippen LogP contribution in [0.5, 0.6) is 0 Å². The Labute approximate surface area is 115 Å². The summed E-state index contributed by atoms with van der Waals surface area (Å²) in [4.78, 5) is 13.5. The lowest BCUT2D eigenvalue weighted by Gasteiger charge is -2.38. The molecular formula is C14H27NO4. The topological polar surface area (TPSA) is 59.0 Å². The lowest BCUT2D eigenvalue weighted by molar-refractivity contribution is -0.143. The molecule has 1 aliphatic rings. The quantitative estimate of drug-likeness (QED) is 0.763. The van der Waals surface area contributed by atoms with E-state index in [1.807, 2.05) is 0 Å². The van der Waals surface area contributed by atoms with Crippen LogP contribution >= 0.6 is 0 Å². The highest BCUT2D eigenvalue weighted by Crippen LogP contribution is 2.26. The van der Waals surface area contributed by atoms with E-state index < -0.39 is 11.9 Å². The van der Waals surface area contributed by atoms with Crippen LogP contribution in [-0.4, -0.2) is 60.5 Å². The summed E-state index contributed by atoms with van der Waals surface area (Å²) in [6, 6.07) is 0.221. The van der Waals surface area contributed by atoms with Crippen molar-refractivity contribution in [2.75, 3.05) is 26.9 Å². The molecule has 1 rings (SSSR count). The number of rotatable bonds is 7. The van der Waals surface area contributed by atoms with Gasteiger partial charge in [0.25, 0.3) is 0 Å². The van der Waals surface area contributed by atoms with Crippen LogP contribution in [0, 0.1) is 5.92 Å². The van der Waals surface area contributed by atoms with Crippen molar-refractivity contribution in [2.24, 2.45) is 5.92 Å². The Kier molecular flexibility index (Phi) is 5.77. The fourth-order valence-corrected chi connectivity index (χ4v) is 2.89. The van der Waals surface area contributed by atoms with Crippen molar-refractivity contribution in [1.29, 1.82) is 0 Å². The summed E-state index contributed by atoms with van der Waals surface area (Å²) >= 11 is 0. The van der Waals surface area contributed by atoms with Crippen molar-refractivity contribution >= 4 is 5.97 Å². The summed E-state index contributed by atoms with van der Waals surface area (Å²) in [5.41, 5.74) is -0.203. The molecule has 5 heteroatoms. The summed E-state index contributed by atoms with van der Waals surface area (Å²) in [5.74, 6) is -1.19. The van der Waals surface area contributed by atoms with Crippen LogP contribution in [0.4, 0.5) is 0 Å². The zero-order chi connectivity index (χ0) is 14.6. The smallest absolute Gasteiger partial charge is 0.310 e. The fourth-order valence-electron chi connectivity index (χ4n) is 2.89. The number of carboxylic acid groups (broad SMARTS) is 1. The molecule has 19 heavy (non-hydrogen) atoms. The van der Waals surface area contributed by atoms with Crippen molar-refractivity contribution in [2.45, 2.75) is 51.8 Å². The van der Waals surface area contributed by atoms with E-state index in [0.717, 1.165) is 13.0 Å². The molecule has 0 aromatic heterocycles. The van der Waals surface area contributed by atoms with Crippen LogP contribution in [0.15, 0.2) is 0 Å². The Morgan fingerprint density at radius 3 is 2.63 bits per heavy atom. The maximum absolute atomic E-state index is 11.3. The van der Waals surface area contributed by atoms with E-state index in [9.17, 15) is 9.90 Å². The number of hydrogen-bond acceptors (Lipinski definition) is 4. The average Bonchev–Trinajstić information content (AvgIpc) is 2.78. The van der Waals surface area contributed by atoms with Crippen molar-refractivity contribution in [3.63, 3.8) is 0 Å². The van der Waals surface area contributed by atoms with Gasteiger partial charge in [-0.2, -0.15) is 0 Å². The van der Waals surface area contributed by atoms with Crippen LogP contribution in [-0.2, 0) is 14.3 Å². The van der Waals surface area contributed by atoms with E-state index in [1.165, 1.54) is 0 Å². The Balaban J connectivity index is 2.74. The molecule has 112 valence electrons. The number of hydrogen-bond donors (Lipinski definition) is 1. The van der Waals surface area contributed by atoms with Gasteiger partial charge in [0, 0.05) is 19.2 Å². The first kappa shape index (κ1) is 16.4. The molecule has 0 aromatic rings. The largest absolute Gasteiger partial charge is 0.481 e. The Hall–Kier alpha value is -0.650. The van der Waals surface area contributed by atoms with Crippen molar-refractivity contribution < 1.29 is 19.4 Å². The fraction of sp³-hybridized carbons (Fsp3) is 0.929. The van der Waals surface area contributed by atoms with Gasteiger partial charge in [-0.15, -0.1) is 0 Å². The van der Waals surface area contributed by atoms with Gasteiger partial charge in [0.15, 0.2) is 0 Å². The van der Waals surface area contributed by atoms with Crippen LogP contribution < -0.4 is 0 Å². The highest BCUT2D eigenvalue weighted by molar-refractivity contribution is 5.71. The molecule has 0 spiro atoms. The lowest BCUT2D eigenvalue weighted by Crippen LogP contribution is -2.49. The number of methoxy groups -OCH3 is 1. The average molecular weight is 273 g/mol. The number of ether oxygens (including phenoxy) is 2. The molecule has 1 heterocycles. The van der Waals surface area contributed by atoms with Crippen molar-refractivity contribution in [1.82, 2.24) is 4.90 Å². The second-order valence-electron chi connectivity index (χ2n) is 5.90. The second-order valence-corrected chi connectivity index (χ2v) is 5.90. The zero-order valence-electron chi connectivity index (χ0n) is 12.7. The van der Waals surface area contributed by atoms with Crippen molar-refractivity contribution in [3.8, 4) is 0 Å². The van der Waals surface area contributed by atoms with Gasteiger partial charge in [-0.1, -0.05) is 6.92 Å². The molecule has 0 aliphatic carbocycles. The molecule has 1 aliphatic heterocycles. The molecule has 1 fully saturated rings. The SMILES string of the molecule is CCN(C(C)CC(C)(C)OC)C1COCC1C(=O)O. The Morgan fingerprint density at radius 1 is 1.53 bits per heavy atom. The summed E-state index contributed by atoms with van der Waals surface area (Å²) in [7, 11) is 1.71. The normalized spacial score (nSPS) is 25.8. The Bertz CT molecular complexity index is 306. The third-order valence-corrected chi connectivity index (χ3v) is 4.06. The summed E-state index contributed by atoms with van der Waals surface area (Å²) < 4.78 is 10.8. The van der Waals surface area contributed by atoms with Gasteiger partial charge >= 0.3 is 5.97 Å². The van der Waals surface area contributed by atoms with Crippen LogP contribution in [0.3, 0.4) is 0 Å². The molecule has 0 aromatic carbocycles. The van der Waals surface area contributed by atoms with Crippen molar-refractivity contribution in [3.05, 3.63) is 0 Å². The molecule has 5 nitrogen and oxygen atoms in total. The molecule has 0 bridgehead atoms. The molecule has 1 N–H and O–H groups in total. The maximum atomic E-state index is 11.3. The van der Waals surface area contributed by atoms with Crippen LogP contribution in [0.25, 0.3) is 0 Å². The van der Waals surface area contributed by atoms with Crippen LogP contribution in [0.1, 0.15) is 34.1 Å². The third-order valence-electron chi connectivity index (χ3n) is 4.06. The summed E-state index contributed by atoms with van der Waals surface area (Å²) in [5, 5.41) is 9.26. The third kappa shape index (κ3) is 4.16. The number of likely N-dealkylation sites (N-methyl/N-ethyl adjacent to an activating group) is 1. The zero-order valence-corrected chi connectivity index (χ0v) is 12.7. The minimum Gasteiger partial charge on any atom is -0.481 e. The molecule has 0 saturated carbocycles. The first-order valence-corrected chi connectivity index (χ1v) is 6.93. The standard InChI is InChI=1S/C14H27NO4/c1-6-15(10(2)7-14(3,4)18-5)12-9-19-8-11(12)13(16)17/h10-12H,6-9H2,1-5H3,(H,16,17). The van der Waals surface area contributed by atoms with E-state index in [0.29, 0.717) is 13.2 Å². The van der Waals surface area contributed by atoms with E-state index in [-0.39, 0.29) is 17.7 Å². The molecular weight excluding hydrogens is 246 g/mol. The van der Waals surface area contributed by atoms with Gasteiger partial charge in [0.2, 0.25) is 0 Å². The molecule has 0 radical (unpaired) electrons. The highest BCUT2D eigenvalue weighted by atomic mass is 16.5. The monoisotopic (exact) mass is 273 g/mol. The van der Waals surface area contributed by atoms with E-state index >= 15 is 0 Å². The Morgan fingerprint density at radius 2 is 2.16 bits per heavy atom. The minimum absolute atomic E-state index is 0.0369. The summed E-state index contributed by atoms with van der Waals surface area (Å²) in [6.45, 7) is 9.93. The predicted octanol–water partition coefficient (Wildman–Crippen LogP) is 1.61. The number of aliphatic carboxylic acids is 1. The highest BCUT2D eigenvalue weighted by Gasteiger charge is 2.39. The van der Waals surface area contributed by atoms with Gasteiger partial charge in [0.1, 0.15) is 0 Å². The molecule has 0 amide bonds. The second kappa shape index (κ2) is 6.68. The molecule has 3 atom stereocenters. The lowest BCUT2D eigenvalue weighted by atomic mass is 9.95. The number of carboxylic acids is 1. The first-order chi connectivity index (χ1) is 8.82.